The Morgan fingerprint density at radius 2 is 2.18 bits per heavy atom. The maximum Gasteiger partial charge on any atom is 0.311 e. The molecule has 0 fully saturated rings. The van der Waals surface area contributed by atoms with Gasteiger partial charge in [-0.05, 0) is 13.0 Å². The molecule has 0 N–H and O–H groups in total. The van der Waals surface area contributed by atoms with E-state index < -0.39 is 27.8 Å². The molecule has 8 heteroatoms. The highest BCUT2D eigenvalue weighted by Crippen LogP contribution is 2.31. The van der Waals surface area contributed by atoms with Crippen LogP contribution in [0.2, 0.25) is 0 Å². The van der Waals surface area contributed by atoms with E-state index in [0.717, 1.165) is 19.4 Å². The van der Waals surface area contributed by atoms with Gasteiger partial charge in [0.1, 0.15) is 5.82 Å². The second kappa shape index (κ2) is 3.89. The second-order valence-corrected chi connectivity index (χ2v) is 3.21. The average molecular weight is 241 g/mol. The molecule has 0 aliphatic rings. The van der Waals surface area contributed by atoms with E-state index in [1.165, 1.54) is 0 Å². The number of benzene rings is 1. The van der Waals surface area contributed by atoms with Gasteiger partial charge in [-0.3, -0.25) is 10.1 Å². The molecule has 0 unspecified atom stereocenters. The molecule has 0 bridgehead atoms. The van der Waals surface area contributed by atoms with Crippen molar-refractivity contribution < 1.29 is 18.2 Å². The Labute approximate surface area is 93.0 Å². The lowest BCUT2D eigenvalue weighted by Gasteiger charge is -2.03. The molecule has 17 heavy (non-hydrogen) atoms. The van der Waals surface area contributed by atoms with E-state index in [1.807, 2.05) is 0 Å². The van der Waals surface area contributed by atoms with Crippen molar-refractivity contribution in [3.05, 3.63) is 39.8 Å². The van der Waals surface area contributed by atoms with Gasteiger partial charge in [0.25, 0.3) is 0 Å². The number of rotatable bonds is 2. The third-order valence-electron chi connectivity index (χ3n) is 2.21. The number of nitrogens with zero attached hydrogens (tertiary/aromatic N) is 3. The molecular weight excluding hydrogens is 236 g/mol. The zero-order valence-electron chi connectivity index (χ0n) is 8.48. The Kier molecular flexibility index (Phi) is 2.54. The highest BCUT2D eigenvalue weighted by Gasteiger charge is 2.27. The quantitative estimate of drug-likeness (QED) is 0.594. The summed E-state index contributed by atoms with van der Waals surface area (Å²) in [5.74, 6) is -2.34. The fourth-order valence-corrected chi connectivity index (χ4v) is 1.37. The van der Waals surface area contributed by atoms with E-state index >= 15 is 0 Å². The van der Waals surface area contributed by atoms with E-state index in [-0.39, 0.29) is 11.4 Å². The lowest BCUT2D eigenvalue weighted by Crippen LogP contribution is -2.01. The number of aromatic nitrogens is 2. The summed E-state index contributed by atoms with van der Waals surface area (Å²) in [5, 5.41) is 14.0. The molecule has 88 valence electrons. The van der Waals surface area contributed by atoms with Crippen LogP contribution in [0.1, 0.15) is 5.56 Å². The Bertz CT molecular complexity index is 584. The van der Waals surface area contributed by atoms with E-state index in [1.54, 1.807) is 0 Å². The van der Waals surface area contributed by atoms with Crippen LogP contribution in [0.3, 0.4) is 0 Å². The monoisotopic (exact) mass is 241 g/mol. The molecule has 0 aliphatic carbocycles. The summed E-state index contributed by atoms with van der Waals surface area (Å²) in [6.07, 6.45) is 0.915. The van der Waals surface area contributed by atoms with Gasteiger partial charge >= 0.3 is 5.69 Å². The molecule has 1 aromatic carbocycles. The summed E-state index contributed by atoms with van der Waals surface area (Å²) >= 11 is 0. The third-order valence-corrected chi connectivity index (χ3v) is 2.21. The maximum absolute atomic E-state index is 13.8. The molecule has 2 rings (SSSR count). The van der Waals surface area contributed by atoms with Crippen LogP contribution >= 0.6 is 0 Å². The topological polar surface area (TPSA) is 82.1 Å². The summed E-state index contributed by atoms with van der Waals surface area (Å²) in [4.78, 5) is 13.2. The largest absolute Gasteiger partial charge is 0.342 e. The first-order chi connectivity index (χ1) is 8.02. The first-order valence-electron chi connectivity index (χ1n) is 4.42. The lowest BCUT2D eigenvalue weighted by atomic mass is 10.1. The van der Waals surface area contributed by atoms with Gasteiger partial charge in [-0.25, -0.2) is 4.39 Å². The Hall–Kier alpha value is -2.38. The van der Waals surface area contributed by atoms with Crippen molar-refractivity contribution in [1.82, 2.24) is 10.1 Å². The van der Waals surface area contributed by atoms with Crippen molar-refractivity contribution in [1.29, 1.82) is 0 Å². The predicted octanol–water partition coefficient (Wildman–Crippen LogP) is 2.23. The van der Waals surface area contributed by atoms with Gasteiger partial charge < -0.3 is 4.52 Å². The van der Waals surface area contributed by atoms with Crippen LogP contribution in [0, 0.1) is 28.7 Å². The summed E-state index contributed by atoms with van der Waals surface area (Å²) in [7, 11) is 0. The zero-order valence-corrected chi connectivity index (χ0v) is 8.48. The van der Waals surface area contributed by atoms with Crippen LogP contribution in [0.15, 0.2) is 17.0 Å². The number of hydrogen-bond donors (Lipinski definition) is 0. The van der Waals surface area contributed by atoms with Crippen molar-refractivity contribution >= 4 is 5.69 Å². The zero-order chi connectivity index (χ0) is 12.6. The van der Waals surface area contributed by atoms with Gasteiger partial charge in [0.05, 0.1) is 16.1 Å². The molecule has 0 aliphatic heterocycles. The molecule has 0 radical (unpaired) electrons. The first kappa shape index (κ1) is 11.1. The van der Waals surface area contributed by atoms with Crippen LogP contribution in [0.4, 0.5) is 14.5 Å². The standard InChI is InChI=1S/C9H5F2N3O3/c1-4-6(10)2-5(9-12-3-17-13-9)7(11)8(4)14(15)16/h2-3H,1H3. The Morgan fingerprint density at radius 3 is 2.71 bits per heavy atom. The van der Waals surface area contributed by atoms with Crippen molar-refractivity contribution in [2.75, 3.05) is 0 Å². The normalized spacial score (nSPS) is 10.5. The summed E-state index contributed by atoms with van der Waals surface area (Å²) in [6, 6.07) is 0.794. The molecule has 2 aromatic rings. The van der Waals surface area contributed by atoms with Crippen molar-refractivity contribution in [3.63, 3.8) is 0 Å². The van der Waals surface area contributed by atoms with Crippen LogP contribution in [0.5, 0.6) is 0 Å². The highest BCUT2D eigenvalue weighted by atomic mass is 19.1. The fraction of sp³-hybridized carbons (Fsp3) is 0.111. The predicted molar refractivity (Wildman–Crippen MR) is 51.0 cm³/mol. The number of hydrogen-bond acceptors (Lipinski definition) is 5. The Balaban J connectivity index is 2.75. The minimum Gasteiger partial charge on any atom is -0.342 e. The van der Waals surface area contributed by atoms with E-state index in [2.05, 4.69) is 14.7 Å². The van der Waals surface area contributed by atoms with E-state index in [4.69, 9.17) is 0 Å². The smallest absolute Gasteiger partial charge is 0.311 e. The van der Waals surface area contributed by atoms with Gasteiger partial charge in [-0.15, -0.1) is 0 Å². The minimum absolute atomic E-state index is 0.246. The van der Waals surface area contributed by atoms with Gasteiger partial charge in [-0.2, -0.15) is 9.37 Å². The first-order valence-corrected chi connectivity index (χ1v) is 4.42. The van der Waals surface area contributed by atoms with Gasteiger partial charge in [-0.1, -0.05) is 5.16 Å². The lowest BCUT2D eigenvalue weighted by molar-refractivity contribution is -0.388. The second-order valence-electron chi connectivity index (χ2n) is 3.21. The van der Waals surface area contributed by atoms with Crippen LogP contribution < -0.4 is 0 Å². The summed E-state index contributed by atoms with van der Waals surface area (Å²) < 4.78 is 31.6. The minimum atomic E-state index is -1.18. The van der Waals surface area contributed by atoms with Crippen molar-refractivity contribution in [3.8, 4) is 11.4 Å². The summed E-state index contributed by atoms with van der Waals surface area (Å²) in [5.41, 5.74) is -1.71. The molecule has 0 atom stereocenters. The van der Waals surface area contributed by atoms with Crippen LogP contribution in [-0.2, 0) is 0 Å². The number of nitro groups is 1. The Morgan fingerprint density at radius 1 is 1.47 bits per heavy atom. The molecule has 1 aromatic heterocycles. The summed E-state index contributed by atoms with van der Waals surface area (Å²) in [6.45, 7) is 1.12. The van der Waals surface area contributed by atoms with Crippen LogP contribution in [0.25, 0.3) is 11.4 Å². The van der Waals surface area contributed by atoms with Crippen LogP contribution in [-0.4, -0.2) is 15.1 Å². The molecule has 0 saturated heterocycles. The van der Waals surface area contributed by atoms with Gasteiger partial charge in [0, 0.05) is 0 Å². The number of halogens is 2. The van der Waals surface area contributed by atoms with Crippen molar-refractivity contribution in [2.24, 2.45) is 0 Å². The maximum atomic E-state index is 13.8. The van der Waals surface area contributed by atoms with Gasteiger partial charge in [0.2, 0.25) is 18.0 Å². The molecule has 0 amide bonds. The van der Waals surface area contributed by atoms with Gasteiger partial charge in [0.15, 0.2) is 0 Å². The molecule has 0 saturated carbocycles. The third kappa shape index (κ3) is 1.73. The molecule has 0 spiro atoms. The van der Waals surface area contributed by atoms with Crippen molar-refractivity contribution in [2.45, 2.75) is 6.92 Å². The highest BCUT2D eigenvalue weighted by molar-refractivity contribution is 5.62. The number of nitro benzene ring substituents is 1. The molecule has 6 nitrogen and oxygen atoms in total. The molecule has 1 heterocycles. The van der Waals surface area contributed by atoms with E-state index in [9.17, 15) is 18.9 Å². The fourth-order valence-electron chi connectivity index (χ4n) is 1.37. The van der Waals surface area contributed by atoms with E-state index in [0.29, 0.717) is 0 Å². The SMILES string of the molecule is Cc1c(F)cc(-c2ncon2)c(F)c1[N+](=O)[O-]. The molecular formula is C9H5F2N3O3. The average Bonchev–Trinajstić information content (AvgIpc) is 2.76.